The van der Waals surface area contributed by atoms with E-state index in [9.17, 15) is 14.9 Å². The molecule has 0 radical (unpaired) electrons. The van der Waals surface area contributed by atoms with Gasteiger partial charge in [-0.3, -0.25) is 14.9 Å². The second kappa shape index (κ2) is 6.50. The molecule has 22 heavy (non-hydrogen) atoms. The van der Waals surface area contributed by atoms with Crippen LogP contribution < -0.4 is 5.32 Å². The van der Waals surface area contributed by atoms with Gasteiger partial charge >= 0.3 is 0 Å². The van der Waals surface area contributed by atoms with Crippen molar-refractivity contribution in [2.24, 2.45) is 0 Å². The molecule has 2 rings (SSSR count). The second-order valence-corrected chi connectivity index (χ2v) is 4.60. The summed E-state index contributed by atoms with van der Waals surface area (Å²) >= 11 is 0. The average molecular weight is 295 g/mol. The first-order valence-corrected chi connectivity index (χ1v) is 6.64. The number of rotatable bonds is 4. The Morgan fingerprint density at radius 3 is 2.73 bits per heavy atom. The Balaban J connectivity index is 2.27. The molecule has 1 N–H and O–H groups in total. The van der Waals surface area contributed by atoms with E-state index in [1.54, 1.807) is 30.3 Å². The van der Waals surface area contributed by atoms with Crippen LogP contribution in [0.5, 0.6) is 0 Å². The highest BCUT2D eigenvalue weighted by Gasteiger charge is 2.14. The van der Waals surface area contributed by atoms with Crippen molar-refractivity contribution in [2.45, 2.75) is 13.3 Å². The van der Waals surface area contributed by atoms with Gasteiger partial charge in [-0.25, -0.2) is 0 Å². The third-order valence-electron chi connectivity index (χ3n) is 3.17. The number of carbonyl (C=O) groups is 1. The van der Waals surface area contributed by atoms with Gasteiger partial charge in [0.25, 0.3) is 11.6 Å². The minimum absolute atomic E-state index is 0.0222. The van der Waals surface area contributed by atoms with Gasteiger partial charge in [0.2, 0.25) is 0 Å². The van der Waals surface area contributed by atoms with Crippen LogP contribution in [-0.2, 0) is 6.42 Å². The fraction of sp³-hybridized carbons (Fsp3) is 0.125. The number of nitro groups is 1. The molecule has 0 atom stereocenters. The van der Waals surface area contributed by atoms with Gasteiger partial charge in [-0.1, -0.05) is 19.1 Å². The highest BCUT2D eigenvalue weighted by molar-refractivity contribution is 6.04. The van der Waals surface area contributed by atoms with Gasteiger partial charge in [0.15, 0.2) is 0 Å². The molecule has 6 heteroatoms. The lowest BCUT2D eigenvalue weighted by Gasteiger charge is -2.07. The lowest BCUT2D eigenvalue weighted by atomic mass is 10.1. The van der Waals surface area contributed by atoms with Crippen molar-refractivity contribution in [2.75, 3.05) is 5.32 Å². The standard InChI is InChI=1S/C16H13N3O3/c1-2-12-6-7-14(9-15(12)19(21)22)18-16(20)13-5-3-4-11(8-13)10-17/h3-9H,2H2,1H3,(H,18,20). The number of carbonyl (C=O) groups excluding carboxylic acids is 1. The van der Waals surface area contributed by atoms with Crippen molar-refractivity contribution in [1.82, 2.24) is 0 Å². The van der Waals surface area contributed by atoms with Crippen molar-refractivity contribution in [1.29, 1.82) is 5.26 Å². The van der Waals surface area contributed by atoms with Gasteiger partial charge in [-0.15, -0.1) is 0 Å². The van der Waals surface area contributed by atoms with E-state index in [4.69, 9.17) is 5.26 Å². The van der Waals surface area contributed by atoms with E-state index in [-0.39, 0.29) is 5.69 Å². The van der Waals surface area contributed by atoms with Crippen molar-refractivity contribution >= 4 is 17.3 Å². The molecule has 0 aromatic heterocycles. The molecule has 2 aromatic rings. The van der Waals surface area contributed by atoms with Crippen LogP contribution >= 0.6 is 0 Å². The van der Waals surface area contributed by atoms with Gasteiger partial charge in [-0.2, -0.15) is 5.26 Å². The molecular formula is C16H13N3O3. The van der Waals surface area contributed by atoms with Gasteiger partial charge in [0.1, 0.15) is 0 Å². The highest BCUT2D eigenvalue weighted by Crippen LogP contribution is 2.24. The highest BCUT2D eigenvalue weighted by atomic mass is 16.6. The molecule has 0 aliphatic heterocycles. The number of benzene rings is 2. The van der Waals surface area contributed by atoms with Gasteiger partial charge < -0.3 is 5.32 Å². The monoisotopic (exact) mass is 295 g/mol. The Bertz CT molecular complexity index is 778. The van der Waals surface area contributed by atoms with E-state index in [2.05, 4.69) is 5.32 Å². The summed E-state index contributed by atoms with van der Waals surface area (Å²) < 4.78 is 0. The zero-order valence-corrected chi connectivity index (χ0v) is 11.9. The SMILES string of the molecule is CCc1ccc(NC(=O)c2cccc(C#N)c2)cc1[N+](=O)[O-]. The van der Waals surface area contributed by atoms with Crippen molar-refractivity contribution in [3.63, 3.8) is 0 Å². The number of nitriles is 1. The van der Waals surface area contributed by atoms with E-state index in [1.165, 1.54) is 12.1 Å². The zero-order valence-electron chi connectivity index (χ0n) is 11.9. The molecule has 6 nitrogen and oxygen atoms in total. The molecule has 1 amide bonds. The largest absolute Gasteiger partial charge is 0.322 e. The van der Waals surface area contributed by atoms with Crippen LogP contribution in [0.25, 0.3) is 0 Å². The molecular weight excluding hydrogens is 282 g/mol. The maximum atomic E-state index is 12.1. The van der Waals surface area contributed by atoms with Crippen LogP contribution in [0.1, 0.15) is 28.4 Å². The minimum atomic E-state index is -0.467. The predicted molar refractivity (Wildman–Crippen MR) is 81.6 cm³/mol. The minimum Gasteiger partial charge on any atom is -0.322 e. The molecule has 0 fully saturated rings. The molecule has 0 bridgehead atoms. The first-order chi connectivity index (χ1) is 10.5. The van der Waals surface area contributed by atoms with E-state index < -0.39 is 10.8 Å². The van der Waals surface area contributed by atoms with Crippen LogP contribution in [0.2, 0.25) is 0 Å². The summed E-state index contributed by atoms with van der Waals surface area (Å²) in [7, 11) is 0. The Morgan fingerprint density at radius 2 is 2.09 bits per heavy atom. The number of hydrogen-bond donors (Lipinski definition) is 1. The molecule has 110 valence electrons. The summed E-state index contributed by atoms with van der Waals surface area (Å²) in [5, 5.41) is 22.5. The third-order valence-corrected chi connectivity index (χ3v) is 3.17. The molecule has 0 spiro atoms. The summed E-state index contributed by atoms with van der Waals surface area (Å²) in [5.74, 6) is -0.421. The summed E-state index contributed by atoms with van der Waals surface area (Å²) in [4.78, 5) is 22.7. The predicted octanol–water partition coefficient (Wildman–Crippen LogP) is 3.28. The lowest BCUT2D eigenvalue weighted by molar-refractivity contribution is -0.385. The molecule has 0 saturated heterocycles. The van der Waals surface area contributed by atoms with E-state index in [1.807, 2.05) is 13.0 Å². The van der Waals surface area contributed by atoms with Crippen molar-refractivity contribution < 1.29 is 9.72 Å². The van der Waals surface area contributed by atoms with Crippen LogP contribution in [0, 0.1) is 21.4 Å². The number of nitro benzene ring substituents is 1. The summed E-state index contributed by atoms with van der Waals surface area (Å²) in [5.41, 5.74) is 1.62. The second-order valence-electron chi connectivity index (χ2n) is 4.60. The van der Waals surface area contributed by atoms with E-state index in [0.29, 0.717) is 28.8 Å². The van der Waals surface area contributed by atoms with Gasteiger partial charge in [0, 0.05) is 22.9 Å². The Labute approximate surface area is 127 Å². The third kappa shape index (κ3) is 3.27. The maximum absolute atomic E-state index is 12.1. The first-order valence-electron chi connectivity index (χ1n) is 6.64. The number of nitrogens with one attached hydrogen (secondary N) is 1. The summed E-state index contributed by atoms with van der Waals surface area (Å²) in [6, 6.07) is 12.8. The molecule has 0 aliphatic carbocycles. The first kappa shape index (κ1) is 15.2. The molecule has 2 aromatic carbocycles. The fourth-order valence-electron chi connectivity index (χ4n) is 2.04. The van der Waals surface area contributed by atoms with Crippen LogP contribution in [0.15, 0.2) is 42.5 Å². The molecule has 0 saturated carbocycles. The number of anilines is 1. The van der Waals surface area contributed by atoms with Gasteiger partial charge in [-0.05, 0) is 30.7 Å². The lowest BCUT2D eigenvalue weighted by Crippen LogP contribution is -2.12. The fourth-order valence-corrected chi connectivity index (χ4v) is 2.04. The van der Waals surface area contributed by atoms with Crippen molar-refractivity contribution in [3.05, 3.63) is 69.3 Å². The van der Waals surface area contributed by atoms with Crippen molar-refractivity contribution in [3.8, 4) is 6.07 Å². The summed E-state index contributed by atoms with van der Waals surface area (Å²) in [6.45, 7) is 1.83. The number of hydrogen-bond acceptors (Lipinski definition) is 4. The Morgan fingerprint density at radius 1 is 1.32 bits per heavy atom. The number of nitrogens with zero attached hydrogens (tertiary/aromatic N) is 2. The smallest absolute Gasteiger partial charge is 0.274 e. The number of aryl methyl sites for hydroxylation is 1. The Hall–Kier alpha value is -3.20. The van der Waals surface area contributed by atoms with E-state index in [0.717, 1.165) is 0 Å². The number of amides is 1. The van der Waals surface area contributed by atoms with Gasteiger partial charge in [0.05, 0.1) is 16.6 Å². The molecule has 0 aliphatic rings. The topological polar surface area (TPSA) is 96.0 Å². The van der Waals surface area contributed by atoms with Crippen LogP contribution in [-0.4, -0.2) is 10.8 Å². The Kier molecular flexibility index (Phi) is 4.49. The van der Waals surface area contributed by atoms with E-state index >= 15 is 0 Å². The summed E-state index contributed by atoms with van der Waals surface area (Å²) in [6.07, 6.45) is 0.536. The van der Waals surface area contributed by atoms with Crippen LogP contribution in [0.4, 0.5) is 11.4 Å². The average Bonchev–Trinajstić information content (AvgIpc) is 2.54. The maximum Gasteiger partial charge on any atom is 0.274 e. The normalized spacial score (nSPS) is 9.82. The molecule has 0 unspecified atom stereocenters. The quantitative estimate of drug-likeness (QED) is 0.691. The molecule has 0 heterocycles. The zero-order chi connectivity index (χ0) is 16.1. The van der Waals surface area contributed by atoms with Crippen LogP contribution in [0.3, 0.4) is 0 Å².